The van der Waals surface area contributed by atoms with E-state index in [0.717, 1.165) is 25.3 Å². The zero-order chi connectivity index (χ0) is 15.6. The number of hydrogen-bond acceptors (Lipinski definition) is 3. The molecule has 0 radical (unpaired) electrons. The first-order valence-electron chi connectivity index (χ1n) is 8.36. The van der Waals surface area contributed by atoms with Crippen molar-refractivity contribution in [2.24, 2.45) is 0 Å². The Balaban J connectivity index is 1.41. The second kappa shape index (κ2) is 6.03. The molecular formula is C19H21N3O. The molecule has 1 aliphatic heterocycles. The molecule has 2 fully saturated rings. The first-order chi connectivity index (χ1) is 11.3. The van der Waals surface area contributed by atoms with Crippen molar-refractivity contribution < 1.29 is 4.79 Å². The number of aromatic nitrogens is 1. The van der Waals surface area contributed by atoms with Crippen LogP contribution in [0, 0.1) is 0 Å². The van der Waals surface area contributed by atoms with Crippen molar-refractivity contribution in [3.8, 4) is 0 Å². The van der Waals surface area contributed by atoms with Crippen LogP contribution < -0.4 is 5.32 Å². The van der Waals surface area contributed by atoms with Crippen LogP contribution in [-0.2, 0) is 0 Å². The summed E-state index contributed by atoms with van der Waals surface area (Å²) in [5.74, 6) is 1.41. The minimum Gasteiger partial charge on any atom is -0.367 e. The van der Waals surface area contributed by atoms with E-state index in [2.05, 4.69) is 34.6 Å². The molecule has 2 aromatic rings. The highest BCUT2D eigenvalue weighted by Gasteiger charge is 2.28. The van der Waals surface area contributed by atoms with Gasteiger partial charge < -0.3 is 10.2 Å². The number of nitrogens with one attached hydrogen (secondary N) is 1. The van der Waals surface area contributed by atoms with E-state index in [9.17, 15) is 4.79 Å². The number of amides is 1. The Kier molecular flexibility index (Phi) is 3.74. The Bertz CT molecular complexity index is 680. The largest absolute Gasteiger partial charge is 0.367 e. The second-order valence-corrected chi connectivity index (χ2v) is 6.50. The molecule has 0 spiro atoms. The van der Waals surface area contributed by atoms with Gasteiger partial charge in [0.25, 0.3) is 5.91 Å². The van der Waals surface area contributed by atoms with E-state index >= 15 is 0 Å². The van der Waals surface area contributed by atoms with Crippen molar-refractivity contribution in [3.63, 3.8) is 0 Å². The van der Waals surface area contributed by atoms with E-state index in [1.165, 1.54) is 18.4 Å². The first kappa shape index (κ1) is 14.2. The fraction of sp³-hybridized carbons (Fsp3) is 0.368. The average molecular weight is 307 g/mol. The predicted molar refractivity (Wildman–Crippen MR) is 90.6 cm³/mol. The molecule has 0 bridgehead atoms. The van der Waals surface area contributed by atoms with Crippen LogP contribution in [0.15, 0.2) is 48.7 Å². The van der Waals surface area contributed by atoms with Crippen molar-refractivity contribution in [1.29, 1.82) is 0 Å². The van der Waals surface area contributed by atoms with Gasteiger partial charge in [0.1, 0.15) is 5.82 Å². The zero-order valence-electron chi connectivity index (χ0n) is 13.1. The molecule has 1 aliphatic carbocycles. The molecule has 1 aromatic heterocycles. The maximum Gasteiger partial charge on any atom is 0.255 e. The van der Waals surface area contributed by atoms with Gasteiger partial charge in [-0.15, -0.1) is 0 Å². The molecule has 1 atom stereocenters. The molecule has 4 rings (SSSR count). The van der Waals surface area contributed by atoms with Gasteiger partial charge in [-0.05, 0) is 37.0 Å². The number of carbonyl (C=O) groups is 1. The van der Waals surface area contributed by atoms with E-state index in [4.69, 9.17) is 0 Å². The highest BCUT2D eigenvalue weighted by Crippen LogP contribution is 2.28. The molecule has 0 unspecified atom stereocenters. The summed E-state index contributed by atoms with van der Waals surface area (Å²) in [6, 6.07) is 14.8. The summed E-state index contributed by atoms with van der Waals surface area (Å²) in [4.78, 5) is 19.0. The number of benzene rings is 1. The predicted octanol–water partition coefficient (Wildman–Crippen LogP) is 3.29. The molecule has 2 heterocycles. The lowest BCUT2D eigenvalue weighted by molar-refractivity contribution is 0.0790. The Hall–Kier alpha value is -2.36. The summed E-state index contributed by atoms with van der Waals surface area (Å²) in [5, 5.41) is 3.34. The molecular weight excluding hydrogens is 286 g/mol. The lowest BCUT2D eigenvalue weighted by atomic mass is 9.99. The van der Waals surface area contributed by atoms with Crippen LogP contribution in [0.1, 0.15) is 41.1 Å². The maximum absolute atomic E-state index is 12.6. The second-order valence-electron chi connectivity index (χ2n) is 6.50. The SMILES string of the molecule is O=C(c1ccc(NC2CC2)nc1)N1CC[C@H](c2ccccc2)C1. The minimum absolute atomic E-state index is 0.0916. The van der Waals surface area contributed by atoms with Gasteiger partial charge in [-0.2, -0.15) is 0 Å². The van der Waals surface area contributed by atoms with Gasteiger partial charge in [-0.3, -0.25) is 4.79 Å². The summed E-state index contributed by atoms with van der Waals surface area (Å²) in [5.41, 5.74) is 2.00. The normalized spacial score (nSPS) is 20.5. The minimum atomic E-state index is 0.0916. The van der Waals surface area contributed by atoms with Crippen LogP contribution in [-0.4, -0.2) is 34.9 Å². The van der Waals surface area contributed by atoms with Crippen LogP contribution >= 0.6 is 0 Å². The summed E-state index contributed by atoms with van der Waals surface area (Å²) in [6.07, 6.45) is 5.17. The lowest BCUT2D eigenvalue weighted by Crippen LogP contribution is -2.28. The highest BCUT2D eigenvalue weighted by molar-refractivity contribution is 5.94. The summed E-state index contributed by atoms with van der Waals surface area (Å²) < 4.78 is 0. The van der Waals surface area contributed by atoms with E-state index < -0.39 is 0 Å². The Morgan fingerprint density at radius 2 is 1.91 bits per heavy atom. The van der Waals surface area contributed by atoms with E-state index in [1.807, 2.05) is 23.1 Å². The van der Waals surface area contributed by atoms with Gasteiger partial charge in [-0.1, -0.05) is 30.3 Å². The number of rotatable bonds is 4. The molecule has 1 aromatic carbocycles. The summed E-state index contributed by atoms with van der Waals surface area (Å²) in [7, 11) is 0. The highest BCUT2D eigenvalue weighted by atomic mass is 16.2. The molecule has 4 heteroatoms. The third-order valence-corrected chi connectivity index (χ3v) is 4.69. The van der Waals surface area contributed by atoms with Gasteiger partial charge in [0.15, 0.2) is 0 Å². The third kappa shape index (κ3) is 3.21. The van der Waals surface area contributed by atoms with Crippen LogP contribution in [0.3, 0.4) is 0 Å². The molecule has 1 saturated heterocycles. The standard InChI is InChI=1S/C19H21N3O/c23-19(15-6-9-18(20-12-15)21-17-7-8-17)22-11-10-16(13-22)14-4-2-1-3-5-14/h1-6,9,12,16-17H,7-8,10-11,13H2,(H,20,21)/t16-/m0/s1. The van der Waals surface area contributed by atoms with Gasteiger partial charge in [0.05, 0.1) is 5.56 Å². The molecule has 4 nitrogen and oxygen atoms in total. The molecule has 2 aliphatic rings. The fourth-order valence-corrected chi connectivity index (χ4v) is 3.17. The number of hydrogen-bond donors (Lipinski definition) is 1. The van der Waals surface area contributed by atoms with E-state index in [1.54, 1.807) is 6.20 Å². The van der Waals surface area contributed by atoms with Crippen LogP contribution in [0.5, 0.6) is 0 Å². The van der Waals surface area contributed by atoms with Crippen LogP contribution in [0.2, 0.25) is 0 Å². The van der Waals surface area contributed by atoms with Gasteiger partial charge in [0, 0.05) is 31.2 Å². The van der Waals surface area contributed by atoms with Crippen LogP contribution in [0.25, 0.3) is 0 Å². The molecule has 118 valence electrons. The number of carbonyl (C=O) groups excluding carboxylic acids is 1. The van der Waals surface area contributed by atoms with Crippen LogP contribution in [0.4, 0.5) is 5.82 Å². The van der Waals surface area contributed by atoms with Crippen molar-refractivity contribution in [2.75, 3.05) is 18.4 Å². The Morgan fingerprint density at radius 1 is 1.09 bits per heavy atom. The number of likely N-dealkylation sites (tertiary alicyclic amines) is 1. The molecule has 1 N–H and O–H groups in total. The van der Waals surface area contributed by atoms with E-state index in [0.29, 0.717) is 17.5 Å². The van der Waals surface area contributed by atoms with Crippen molar-refractivity contribution in [1.82, 2.24) is 9.88 Å². The maximum atomic E-state index is 12.6. The van der Waals surface area contributed by atoms with Crippen molar-refractivity contribution in [2.45, 2.75) is 31.2 Å². The third-order valence-electron chi connectivity index (χ3n) is 4.69. The van der Waals surface area contributed by atoms with Gasteiger partial charge in [-0.25, -0.2) is 4.98 Å². The lowest BCUT2D eigenvalue weighted by Gasteiger charge is -2.17. The van der Waals surface area contributed by atoms with Crippen molar-refractivity contribution in [3.05, 3.63) is 59.8 Å². The smallest absolute Gasteiger partial charge is 0.255 e. The Labute approximate surface area is 136 Å². The number of pyridine rings is 1. The first-order valence-corrected chi connectivity index (χ1v) is 8.36. The number of anilines is 1. The topological polar surface area (TPSA) is 45.2 Å². The fourth-order valence-electron chi connectivity index (χ4n) is 3.17. The quantitative estimate of drug-likeness (QED) is 0.943. The van der Waals surface area contributed by atoms with Gasteiger partial charge in [0.2, 0.25) is 0 Å². The van der Waals surface area contributed by atoms with Crippen molar-refractivity contribution >= 4 is 11.7 Å². The Morgan fingerprint density at radius 3 is 2.61 bits per heavy atom. The summed E-state index contributed by atoms with van der Waals surface area (Å²) >= 11 is 0. The molecule has 1 amide bonds. The summed E-state index contributed by atoms with van der Waals surface area (Å²) in [6.45, 7) is 1.62. The zero-order valence-corrected chi connectivity index (χ0v) is 13.1. The van der Waals surface area contributed by atoms with E-state index in [-0.39, 0.29) is 5.91 Å². The average Bonchev–Trinajstić information content (AvgIpc) is 3.27. The van der Waals surface area contributed by atoms with Gasteiger partial charge >= 0.3 is 0 Å². The monoisotopic (exact) mass is 307 g/mol. The molecule has 1 saturated carbocycles. The number of nitrogens with zero attached hydrogens (tertiary/aromatic N) is 2. The molecule has 23 heavy (non-hydrogen) atoms.